The zero-order chi connectivity index (χ0) is 22.8. The predicted octanol–water partition coefficient (Wildman–Crippen LogP) is 3.71. The monoisotopic (exact) mass is 427 g/mol. The first-order valence-corrected chi connectivity index (χ1v) is 9.33. The Morgan fingerprint density at radius 2 is 1.74 bits per heavy atom. The normalized spacial score (nSPS) is 15.0. The van der Waals surface area contributed by atoms with Crippen LogP contribution in [0.4, 0.5) is 5.69 Å². The molecule has 162 valence electrons. The van der Waals surface area contributed by atoms with Crippen LogP contribution in [0.2, 0.25) is 0 Å². The number of cyclic esters (lactones) is 2. The molecule has 1 aliphatic rings. The Morgan fingerprint density at radius 1 is 1.06 bits per heavy atom. The maximum Gasteiger partial charge on any atom is 0.348 e. The number of nitrogens with zero attached hydrogens (tertiary/aromatic N) is 1. The topological polar surface area (TPSA) is 114 Å². The van der Waals surface area contributed by atoms with Gasteiger partial charge in [0.1, 0.15) is 17.9 Å². The lowest BCUT2D eigenvalue weighted by molar-refractivity contribution is -0.386. The molecule has 0 aromatic heterocycles. The highest BCUT2D eigenvalue weighted by Crippen LogP contribution is 2.31. The molecule has 0 N–H and O–H groups in total. The van der Waals surface area contributed by atoms with E-state index in [9.17, 15) is 19.7 Å². The largest absolute Gasteiger partial charge is 0.496 e. The van der Waals surface area contributed by atoms with Crippen LogP contribution in [0.15, 0.2) is 42.0 Å². The molecule has 3 rings (SSSR count). The Balaban J connectivity index is 1.89. The third kappa shape index (κ3) is 5.00. The van der Waals surface area contributed by atoms with Gasteiger partial charge in [0.15, 0.2) is 5.75 Å². The number of carbonyl (C=O) groups excluding carboxylic acids is 2. The molecular formula is C22H21NO8. The molecule has 0 amide bonds. The summed E-state index contributed by atoms with van der Waals surface area (Å²) in [5.74, 6) is -2.30. The summed E-state index contributed by atoms with van der Waals surface area (Å²) in [5, 5.41) is 11.3. The maximum absolute atomic E-state index is 12.2. The lowest BCUT2D eigenvalue weighted by Gasteiger charge is -2.29. The number of ether oxygens (including phenoxy) is 4. The van der Waals surface area contributed by atoms with Crippen molar-refractivity contribution in [1.29, 1.82) is 0 Å². The Hall–Kier alpha value is -3.88. The standard InChI is InChI=1S/C22H21NO8/c1-13-5-7-17(23(26)27)19(9-13)29-12-15-10-14(6-8-18(15)28-4)11-16-20(24)30-22(2,3)31-21(16)25/h5-11H,12H2,1-4H3. The van der Waals surface area contributed by atoms with Gasteiger partial charge in [0.05, 0.1) is 12.0 Å². The van der Waals surface area contributed by atoms with Gasteiger partial charge in [-0.3, -0.25) is 10.1 Å². The van der Waals surface area contributed by atoms with E-state index in [1.807, 2.05) is 0 Å². The summed E-state index contributed by atoms with van der Waals surface area (Å²) in [6.07, 6.45) is 1.35. The summed E-state index contributed by atoms with van der Waals surface area (Å²) in [7, 11) is 1.48. The molecule has 0 aliphatic carbocycles. The van der Waals surface area contributed by atoms with E-state index in [0.717, 1.165) is 5.56 Å². The SMILES string of the molecule is COc1ccc(C=C2C(=O)OC(C)(C)OC2=O)cc1COc1cc(C)ccc1[N+](=O)[O-]. The van der Waals surface area contributed by atoms with E-state index in [2.05, 4.69) is 0 Å². The number of hydrogen-bond acceptors (Lipinski definition) is 8. The number of nitro groups is 1. The van der Waals surface area contributed by atoms with Crippen LogP contribution in [-0.2, 0) is 25.7 Å². The van der Waals surface area contributed by atoms with Crippen molar-refractivity contribution in [3.05, 3.63) is 68.8 Å². The van der Waals surface area contributed by atoms with Gasteiger partial charge in [-0.2, -0.15) is 0 Å². The molecular weight excluding hydrogens is 406 g/mol. The number of aryl methyl sites for hydroxylation is 1. The number of hydrogen-bond donors (Lipinski definition) is 0. The molecule has 0 radical (unpaired) electrons. The van der Waals surface area contributed by atoms with Crippen molar-refractivity contribution in [2.75, 3.05) is 7.11 Å². The molecule has 0 spiro atoms. The third-order valence-corrected chi connectivity index (χ3v) is 4.43. The van der Waals surface area contributed by atoms with Crippen LogP contribution < -0.4 is 9.47 Å². The van der Waals surface area contributed by atoms with Crippen LogP contribution in [-0.4, -0.2) is 29.8 Å². The molecule has 0 atom stereocenters. The minimum atomic E-state index is -1.33. The molecule has 1 fully saturated rings. The zero-order valence-electron chi connectivity index (χ0n) is 17.5. The average Bonchev–Trinajstić information content (AvgIpc) is 2.68. The third-order valence-electron chi connectivity index (χ3n) is 4.43. The van der Waals surface area contributed by atoms with Crippen molar-refractivity contribution in [2.45, 2.75) is 33.2 Å². The van der Waals surface area contributed by atoms with Crippen molar-refractivity contribution in [1.82, 2.24) is 0 Å². The summed E-state index contributed by atoms with van der Waals surface area (Å²) in [4.78, 5) is 35.1. The minimum Gasteiger partial charge on any atom is -0.496 e. The Kier molecular flexibility index (Phi) is 5.96. The van der Waals surface area contributed by atoms with Gasteiger partial charge in [-0.25, -0.2) is 9.59 Å². The van der Waals surface area contributed by atoms with Crippen LogP contribution >= 0.6 is 0 Å². The van der Waals surface area contributed by atoms with Crippen molar-refractivity contribution in [3.8, 4) is 11.5 Å². The molecule has 1 aliphatic heterocycles. The molecule has 0 saturated carbocycles. The average molecular weight is 427 g/mol. The van der Waals surface area contributed by atoms with Crippen molar-refractivity contribution in [2.24, 2.45) is 0 Å². The summed E-state index contributed by atoms with van der Waals surface area (Å²) >= 11 is 0. The van der Waals surface area contributed by atoms with Crippen molar-refractivity contribution < 1.29 is 33.5 Å². The Morgan fingerprint density at radius 3 is 2.35 bits per heavy atom. The van der Waals surface area contributed by atoms with Gasteiger partial charge in [0.2, 0.25) is 0 Å². The van der Waals surface area contributed by atoms with Crippen molar-refractivity contribution >= 4 is 23.7 Å². The molecule has 1 heterocycles. The van der Waals surface area contributed by atoms with E-state index in [1.165, 1.54) is 33.1 Å². The lowest BCUT2D eigenvalue weighted by Crippen LogP contribution is -2.41. The summed E-state index contributed by atoms with van der Waals surface area (Å²) in [6, 6.07) is 9.51. The van der Waals surface area contributed by atoms with Gasteiger partial charge in [0.25, 0.3) is 5.79 Å². The second-order valence-corrected chi connectivity index (χ2v) is 7.33. The van der Waals surface area contributed by atoms with Crippen molar-refractivity contribution in [3.63, 3.8) is 0 Å². The van der Waals surface area contributed by atoms with Gasteiger partial charge < -0.3 is 18.9 Å². The highest BCUT2D eigenvalue weighted by atomic mass is 16.7. The fourth-order valence-electron chi connectivity index (χ4n) is 2.99. The molecule has 1 saturated heterocycles. The number of carbonyl (C=O) groups is 2. The fraction of sp³-hybridized carbons (Fsp3) is 0.273. The Bertz CT molecular complexity index is 1060. The smallest absolute Gasteiger partial charge is 0.348 e. The lowest BCUT2D eigenvalue weighted by atomic mass is 10.1. The van der Waals surface area contributed by atoms with Crippen LogP contribution in [0.25, 0.3) is 6.08 Å². The summed E-state index contributed by atoms with van der Waals surface area (Å²) in [6.45, 7) is 4.69. The number of benzene rings is 2. The number of rotatable bonds is 6. The predicted molar refractivity (Wildman–Crippen MR) is 109 cm³/mol. The highest BCUT2D eigenvalue weighted by Gasteiger charge is 2.38. The summed E-state index contributed by atoms with van der Waals surface area (Å²) in [5.41, 5.74) is 1.47. The van der Waals surface area contributed by atoms with E-state index in [0.29, 0.717) is 16.9 Å². The van der Waals surface area contributed by atoms with Gasteiger partial charge in [-0.1, -0.05) is 12.1 Å². The van der Waals surface area contributed by atoms with Gasteiger partial charge >= 0.3 is 17.6 Å². The molecule has 0 unspecified atom stereocenters. The van der Waals surface area contributed by atoms with Crippen LogP contribution in [0.3, 0.4) is 0 Å². The molecule has 2 aromatic rings. The Labute approximate surface area is 178 Å². The second kappa shape index (κ2) is 8.47. The molecule has 2 aromatic carbocycles. The first kappa shape index (κ1) is 21.8. The fourth-order valence-corrected chi connectivity index (χ4v) is 2.99. The van der Waals surface area contributed by atoms with Crippen LogP contribution in [0, 0.1) is 17.0 Å². The van der Waals surface area contributed by atoms with Gasteiger partial charge in [0, 0.05) is 25.5 Å². The second-order valence-electron chi connectivity index (χ2n) is 7.33. The number of nitro benzene ring substituents is 1. The molecule has 31 heavy (non-hydrogen) atoms. The zero-order valence-corrected chi connectivity index (χ0v) is 17.5. The molecule has 0 bridgehead atoms. The molecule has 9 heteroatoms. The van der Waals surface area contributed by atoms with E-state index in [4.69, 9.17) is 18.9 Å². The van der Waals surface area contributed by atoms with E-state index in [-0.39, 0.29) is 23.6 Å². The van der Waals surface area contributed by atoms with E-state index in [1.54, 1.807) is 37.3 Å². The first-order valence-electron chi connectivity index (χ1n) is 9.33. The van der Waals surface area contributed by atoms with Gasteiger partial charge in [-0.05, 0) is 42.3 Å². The number of esters is 2. The van der Waals surface area contributed by atoms with E-state index < -0.39 is 22.6 Å². The summed E-state index contributed by atoms with van der Waals surface area (Å²) < 4.78 is 21.2. The number of methoxy groups -OCH3 is 1. The molecule has 9 nitrogen and oxygen atoms in total. The maximum atomic E-state index is 12.2. The quantitative estimate of drug-likeness (QED) is 0.225. The first-order chi connectivity index (χ1) is 14.6. The highest BCUT2D eigenvalue weighted by molar-refractivity contribution is 6.18. The van der Waals surface area contributed by atoms with Crippen LogP contribution in [0.5, 0.6) is 11.5 Å². The minimum absolute atomic E-state index is 0.0353. The van der Waals surface area contributed by atoms with Crippen LogP contribution in [0.1, 0.15) is 30.5 Å². The van der Waals surface area contributed by atoms with E-state index >= 15 is 0 Å². The van der Waals surface area contributed by atoms with Gasteiger partial charge in [-0.15, -0.1) is 0 Å².